The smallest absolute Gasteiger partial charge is 0.410 e. The van der Waals surface area contributed by atoms with Gasteiger partial charge in [-0.25, -0.2) is 9.59 Å². The molecule has 2 N–H and O–H groups in total. The number of nitrogens with one attached hydrogen (secondary N) is 1. The zero-order chi connectivity index (χ0) is 30.0. The second-order valence-corrected chi connectivity index (χ2v) is 10.9. The number of amides is 4. The Balaban J connectivity index is 1.72. The molecule has 0 aromatic heterocycles. The van der Waals surface area contributed by atoms with E-state index < -0.39 is 28.7 Å². The molecule has 0 saturated carbocycles. The topological polar surface area (TPSA) is 146 Å². The van der Waals surface area contributed by atoms with Crippen molar-refractivity contribution in [1.82, 2.24) is 20.0 Å². The number of carbonyl (C=O) groups is 3. The fourth-order valence-corrected chi connectivity index (χ4v) is 4.43. The fraction of sp³-hybridized carbons (Fsp3) is 0.483. The lowest BCUT2D eigenvalue weighted by atomic mass is 10.0. The van der Waals surface area contributed by atoms with Crippen molar-refractivity contribution in [2.45, 2.75) is 45.3 Å². The zero-order valence-corrected chi connectivity index (χ0v) is 23.8. The van der Waals surface area contributed by atoms with Crippen molar-refractivity contribution >= 4 is 23.7 Å². The number of carbonyl (C=O) groups excluding carboxylic acids is 3. The van der Waals surface area contributed by atoms with Crippen LogP contribution in [0, 0.1) is 10.1 Å². The molecule has 222 valence electrons. The number of aliphatic hydroxyl groups is 1. The van der Waals surface area contributed by atoms with E-state index in [1.165, 1.54) is 17.0 Å². The van der Waals surface area contributed by atoms with Gasteiger partial charge >= 0.3 is 12.1 Å². The molecule has 1 atom stereocenters. The summed E-state index contributed by atoms with van der Waals surface area (Å²) in [5.74, 6) is -0.326. The van der Waals surface area contributed by atoms with Crippen LogP contribution in [0.2, 0.25) is 0 Å². The van der Waals surface area contributed by atoms with E-state index in [2.05, 4.69) is 5.32 Å². The van der Waals surface area contributed by atoms with Crippen molar-refractivity contribution in [2.75, 3.05) is 45.9 Å². The monoisotopic (exact) mass is 569 g/mol. The molecule has 3 rings (SSSR count). The number of urea groups is 1. The third-order valence-corrected chi connectivity index (χ3v) is 6.60. The van der Waals surface area contributed by atoms with Gasteiger partial charge < -0.3 is 29.9 Å². The maximum Gasteiger partial charge on any atom is 0.410 e. The average molecular weight is 570 g/mol. The molecule has 1 heterocycles. The largest absolute Gasteiger partial charge is 0.444 e. The van der Waals surface area contributed by atoms with Gasteiger partial charge in [0.25, 0.3) is 5.69 Å². The predicted octanol–water partition coefficient (Wildman–Crippen LogP) is 2.83. The molecule has 4 amide bonds. The summed E-state index contributed by atoms with van der Waals surface area (Å²) in [6.07, 6.45) is 0.237. The number of ether oxygens (including phenoxy) is 1. The maximum absolute atomic E-state index is 13.7. The quantitative estimate of drug-likeness (QED) is 0.331. The first-order valence-corrected chi connectivity index (χ1v) is 13.7. The number of nitro benzene ring substituents is 1. The summed E-state index contributed by atoms with van der Waals surface area (Å²) < 4.78 is 5.44. The van der Waals surface area contributed by atoms with Crippen LogP contribution in [0.4, 0.5) is 15.3 Å². The summed E-state index contributed by atoms with van der Waals surface area (Å²) >= 11 is 0. The molecule has 0 radical (unpaired) electrons. The Labute approximate surface area is 240 Å². The highest BCUT2D eigenvalue weighted by atomic mass is 16.6. The molecule has 12 nitrogen and oxygen atoms in total. The van der Waals surface area contributed by atoms with Crippen LogP contribution in [0.25, 0.3) is 0 Å². The molecule has 0 aliphatic carbocycles. The van der Waals surface area contributed by atoms with Gasteiger partial charge in [0, 0.05) is 57.8 Å². The van der Waals surface area contributed by atoms with Crippen molar-refractivity contribution < 1.29 is 29.2 Å². The van der Waals surface area contributed by atoms with Crippen LogP contribution >= 0.6 is 0 Å². The van der Waals surface area contributed by atoms with Crippen LogP contribution in [-0.4, -0.2) is 100 Å². The van der Waals surface area contributed by atoms with Crippen LogP contribution in [-0.2, 0) is 22.4 Å². The highest BCUT2D eigenvalue weighted by molar-refractivity contribution is 5.87. The molecule has 12 heteroatoms. The molecule has 0 bridgehead atoms. The minimum Gasteiger partial charge on any atom is -0.444 e. The third kappa shape index (κ3) is 9.75. The van der Waals surface area contributed by atoms with Crippen LogP contribution < -0.4 is 5.32 Å². The Hall–Kier alpha value is -4.19. The highest BCUT2D eigenvalue weighted by Gasteiger charge is 2.32. The molecule has 1 saturated heterocycles. The number of rotatable bonds is 10. The summed E-state index contributed by atoms with van der Waals surface area (Å²) in [6, 6.07) is 14.0. The van der Waals surface area contributed by atoms with E-state index in [0.717, 1.165) is 5.56 Å². The molecule has 0 spiro atoms. The summed E-state index contributed by atoms with van der Waals surface area (Å²) in [5, 5.41) is 23.5. The Morgan fingerprint density at radius 1 is 0.976 bits per heavy atom. The van der Waals surface area contributed by atoms with Gasteiger partial charge in [0.15, 0.2) is 0 Å². The lowest BCUT2D eigenvalue weighted by Crippen LogP contribution is -2.58. The molecule has 1 aliphatic rings. The first-order chi connectivity index (χ1) is 19.5. The Morgan fingerprint density at radius 2 is 1.59 bits per heavy atom. The van der Waals surface area contributed by atoms with Gasteiger partial charge in [0.2, 0.25) is 5.91 Å². The normalized spacial score (nSPS) is 14.2. The summed E-state index contributed by atoms with van der Waals surface area (Å²) in [4.78, 5) is 54.6. The number of hydrogen-bond acceptors (Lipinski definition) is 7. The third-order valence-electron chi connectivity index (χ3n) is 6.60. The van der Waals surface area contributed by atoms with Gasteiger partial charge in [-0.15, -0.1) is 0 Å². The lowest BCUT2D eigenvalue weighted by Gasteiger charge is -2.37. The van der Waals surface area contributed by atoms with Gasteiger partial charge in [-0.2, -0.15) is 0 Å². The minimum atomic E-state index is -0.963. The van der Waals surface area contributed by atoms with Gasteiger partial charge in [0.05, 0.1) is 11.5 Å². The van der Waals surface area contributed by atoms with Gasteiger partial charge in [-0.3, -0.25) is 14.9 Å². The van der Waals surface area contributed by atoms with Crippen LogP contribution in [0.5, 0.6) is 0 Å². The lowest BCUT2D eigenvalue weighted by molar-refractivity contribution is -0.384. The van der Waals surface area contributed by atoms with E-state index >= 15 is 0 Å². The number of aliphatic hydroxyl groups excluding tert-OH is 1. The van der Waals surface area contributed by atoms with E-state index in [-0.39, 0.29) is 57.3 Å². The van der Waals surface area contributed by atoms with Crippen molar-refractivity contribution in [3.8, 4) is 0 Å². The molecule has 1 aliphatic heterocycles. The number of nitrogens with zero attached hydrogens (tertiary/aromatic N) is 4. The average Bonchev–Trinajstić information content (AvgIpc) is 2.94. The van der Waals surface area contributed by atoms with Crippen LogP contribution in [0.3, 0.4) is 0 Å². The number of benzene rings is 2. The zero-order valence-electron chi connectivity index (χ0n) is 23.8. The Morgan fingerprint density at radius 3 is 2.15 bits per heavy atom. The van der Waals surface area contributed by atoms with E-state index in [1.54, 1.807) is 42.7 Å². The van der Waals surface area contributed by atoms with Crippen LogP contribution in [0.1, 0.15) is 31.9 Å². The van der Waals surface area contributed by atoms with Crippen molar-refractivity contribution in [1.29, 1.82) is 0 Å². The van der Waals surface area contributed by atoms with Crippen molar-refractivity contribution in [2.24, 2.45) is 0 Å². The molecular formula is C29H39N5O7. The number of piperazine rings is 1. The SMILES string of the molecule is CC(C)(C)OC(=O)N1CCN(C(=O)C(Cc2ccc([N+](=O)[O-])cc2)NC(=O)N(CCO)CCc2ccccc2)CC1. The summed E-state index contributed by atoms with van der Waals surface area (Å²) in [6.45, 7) is 6.64. The maximum atomic E-state index is 13.7. The van der Waals surface area contributed by atoms with Crippen LogP contribution in [0.15, 0.2) is 54.6 Å². The summed E-state index contributed by atoms with van der Waals surface area (Å²) in [5.41, 5.74) is 0.962. The molecule has 1 unspecified atom stereocenters. The predicted molar refractivity (Wildman–Crippen MR) is 152 cm³/mol. The molecule has 41 heavy (non-hydrogen) atoms. The van der Waals surface area contributed by atoms with Crippen molar-refractivity contribution in [3.63, 3.8) is 0 Å². The number of nitro groups is 1. The van der Waals surface area contributed by atoms with Crippen molar-refractivity contribution in [3.05, 3.63) is 75.8 Å². The van der Waals surface area contributed by atoms with E-state index in [0.29, 0.717) is 18.5 Å². The first kappa shape index (κ1) is 31.3. The minimum absolute atomic E-state index is 0.0750. The van der Waals surface area contributed by atoms with Gasteiger partial charge in [-0.1, -0.05) is 42.5 Å². The number of non-ortho nitro benzene ring substituents is 1. The molecule has 1 fully saturated rings. The standard InChI is InChI=1S/C29H39N5O7/c1-29(2,3)41-28(38)33-17-15-31(16-18-33)26(36)25(21-23-9-11-24(12-10-23)34(39)40)30-27(37)32(19-20-35)14-13-22-7-5-4-6-8-22/h4-12,25,35H,13-21H2,1-3H3,(H,30,37). The molecule has 2 aromatic carbocycles. The first-order valence-electron chi connectivity index (χ1n) is 13.7. The van der Waals surface area contributed by atoms with E-state index in [4.69, 9.17) is 4.74 Å². The number of hydrogen-bond donors (Lipinski definition) is 2. The molecular weight excluding hydrogens is 530 g/mol. The molecule has 2 aromatic rings. The Bertz CT molecular complexity index is 1180. The van der Waals surface area contributed by atoms with Gasteiger partial charge in [0.1, 0.15) is 11.6 Å². The highest BCUT2D eigenvalue weighted by Crippen LogP contribution is 2.16. The van der Waals surface area contributed by atoms with E-state index in [9.17, 15) is 29.6 Å². The second-order valence-electron chi connectivity index (χ2n) is 10.9. The van der Waals surface area contributed by atoms with Gasteiger partial charge in [-0.05, 0) is 38.3 Å². The Kier molecular flexibility index (Phi) is 11.0. The van der Waals surface area contributed by atoms with E-state index in [1.807, 2.05) is 30.3 Å². The second kappa shape index (κ2) is 14.4. The fourth-order valence-electron chi connectivity index (χ4n) is 4.43. The summed E-state index contributed by atoms with van der Waals surface area (Å²) in [7, 11) is 0.